The number of aliphatic hydroxyl groups excluding tert-OH is 1. The molecule has 3 nitrogen and oxygen atoms in total. The number of hydrogen-bond donors (Lipinski definition) is 3. The lowest BCUT2D eigenvalue weighted by Gasteiger charge is -2.30. The first kappa shape index (κ1) is 9.88. The van der Waals surface area contributed by atoms with E-state index in [1.807, 2.05) is 13.8 Å². The van der Waals surface area contributed by atoms with Crippen molar-refractivity contribution in [1.82, 2.24) is 0 Å². The van der Waals surface area contributed by atoms with Crippen LogP contribution in [0.15, 0.2) is 0 Å². The van der Waals surface area contributed by atoms with E-state index in [9.17, 15) is 5.11 Å². The third-order valence-corrected chi connectivity index (χ3v) is 2.11. The molecule has 0 spiro atoms. The van der Waals surface area contributed by atoms with Crippen LogP contribution in [0, 0.1) is 0 Å². The van der Waals surface area contributed by atoms with Gasteiger partial charge in [-0.05, 0) is 12.8 Å². The molecular formula is C7H17NO2. The predicted molar refractivity (Wildman–Crippen MR) is 40.6 cm³/mol. The van der Waals surface area contributed by atoms with Gasteiger partial charge >= 0.3 is 0 Å². The fraction of sp³-hybridized carbons (Fsp3) is 1.00. The van der Waals surface area contributed by atoms with Gasteiger partial charge in [-0.3, -0.25) is 0 Å². The summed E-state index contributed by atoms with van der Waals surface area (Å²) in [5.74, 6) is 0. The van der Waals surface area contributed by atoms with E-state index in [-0.39, 0.29) is 6.61 Å². The molecule has 10 heavy (non-hydrogen) atoms. The molecule has 0 unspecified atom stereocenters. The molecule has 1 atom stereocenters. The Hall–Kier alpha value is -0.120. The van der Waals surface area contributed by atoms with E-state index < -0.39 is 11.6 Å². The van der Waals surface area contributed by atoms with Gasteiger partial charge in [-0.25, -0.2) is 0 Å². The van der Waals surface area contributed by atoms with Gasteiger partial charge in [0.25, 0.3) is 0 Å². The Morgan fingerprint density at radius 1 is 1.40 bits per heavy atom. The fourth-order valence-corrected chi connectivity index (χ4v) is 0.944. The SMILES string of the molecule is CCC(O)(CC)[C@@H](N)CO. The van der Waals surface area contributed by atoms with Crippen LogP contribution in [0.3, 0.4) is 0 Å². The fourth-order valence-electron chi connectivity index (χ4n) is 0.944. The average Bonchev–Trinajstić information content (AvgIpc) is 2.01. The van der Waals surface area contributed by atoms with Gasteiger partial charge in [-0.15, -0.1) is 0 Å². The molecule has 0 radical (unpaired) electrons. The molecule has 0 aliphatic carbocycles. The van der Waals surface area contributed by atoms with Crippen LogP contribution in [-0.4, -0.2) is 28.5 Å². The van der Waals surface area contributed by atoms with Gasteiger partial charge in [-0.1, -0.05) is 13.8 Å². The molecule has 0 saturated heterocycles. The van der Waals surface area contributed by atoms with Crippen molar-refractivity contribution in [3.63, 3.8) is 0 Å². The Kier molecular flexibility index (Phi) is 3.86. The third-order valence-electron chi connectivity index (χ3n) is 2.11. The van der Waals surface area contributed by atoms with Crippen molar-refractivity contribution < 1.29 is 10.2 Å². The highest BCUT2D eigenvalue weighted by molar-refractivity contribution is 4.86. The predicted octanol–water partition coefficient (Wildman–Crippen LogP) is -0.143. The minimum absolute atomic E-state index is 0.155. The van der Waals surface area contributed by atoms with Crippen LogP contribution in [0.4, 0.5) is 0 Å². The minimum Gasteiger partial charge on any atom is -0.395 e. The first-order chi connectivity index (χ1) is 4.60. The summed E-state index contributed by atoms with van der Waals surface area (Å²) in [7, 11) is 0. The van der Waals surface area contributed by atoms with Crippen LogP contribution < -0.4 is 5.73 Å². The third kappa shape index (κ3) is 1.94. The van der Waals surface area contributed by atoms with E-state index in [2.05, 4.69) is 0 Å². The normalized spacial score (nSPS) is 15.3. The van der Waals surface area contributed by atoms with Crippen LogP contribution in [0.5, 0.6) is 0 Å². The summed E-state index contributed by atoms with van der Waals surface area (Å²) in [4.78, 5) is 0. The molecule has 62 valence electrons. The lowest BCUT2D eigenvalue weighted by Crippen LogP contribution is -2.49. The van der Waals surface area contributed by atoms with Crippen molar-refractivity contribution >= 4 is 0 Å². The smallest absolute Gasteiger partial charge is 0.0815 e. The molecule has 0 aliphatic rings. The van der Waals surface area contributed by atoms with E-state index in [4.69, 9.17) is 10.8 Å². The second-order valence-corrected chi connectivity index (χ2v) is 2.60. The Labute approximate surface area is 61.9 Å². The number of nitrogens with two attached hydrogens (primary N) is 1. The number of aliphatic hydroxyl groups is 2. The van der Waals surface area contributed by atoms with Gasteiger partial charge < -0.3 is 15.9 Å². The zero-order chi connectivity index (χ0) is 8.20. The van der Waals surface area contributed by atoms with E-state index in [0.717, 1.165) is 0 Å². The monoisotopic (exact) mass is 147 g/mol. The van der Waals surface area contributed by atoms with E-state index in [1.165, 1.54) is 0 Å². The zero-order valence-electron chi connectivity index (χ0n) is 6.67. The molecule has 0 aromatic rings. The van der Waals surface area contributed by atoms with E-state index in [1.54, 1.807) is 0 Å². The van der Waals surface area contributed by atoms with Gasteiger partial charge in [0, 0.05) is 0 Å². The molecule has 0 heterocycles. The number of rotatable bonds is 4. The van der Waals surface area contributed by atoms with Crippen molar-refractivity contribution in [2.45, 2.75) is 38.3 Å². The first-order valence-electron chi connectivity index (χ1n) is 3.69. The summed E-state index contributed by atoms with van der Waals surface area (Å²) >= 11 is 0. The molecule has 3 heteroatoms. The minimum atomic E-state index is -0.880. The Morgan fingerprint density at radius 2 is 1.80 bits per heavy atom. The molecular weight excluding hydrogens is 130 g/mol. The summed E-state index contributed by atoms with van der Waals surface area (Å²) in [6.07, 6.45) is 1.18. The van der Waals surface area contributed by atoms with Gasteiger partial charge in [-0.2, -0.15) is 0 Å². The van der Waals surface area contributed by atoms with Crippen LogP contribution >= 0.6 is 0 Å². The Bertz CT molecular complexity index is 91.6. The van der Waals surface area contributed by atoms with Gasteiger partial charge in [0.2, 0.25) is 0 Å². The Balaban J connectivity index is 4.02. The van der Waals surface area contributed by atoms with Crippen LogP contribution in [-0.2, 0) is 0 Å². The summed E-state index contributed by atoms with van der Waals surface area (Å²) in [6, 6.07) is -0.512. The summed E-state index contributed by atoms with van der Waals surface area (Å²) in [6.45, 7) is 3.57. The Morgan fingerprint density at radius 3 is 1.90 bits per heavy atom. The molecule has 0 aromatic heterocycles. The molecule has 4 N–H and O–H groups in total. The maximum atomic E-state index is 9.61. The largest absolute Gasteiger partial charge is 0.395 e. The maximum Gasteiger partial charge on any atom is 0.0815 e. The maximum absolute atomic E-state index is 9.61. The molecule has 0 amide bonds. The molecule has 0 aromatic carbocycles. The standard InChI is InChI=1S/C7H17NO2/c1-3-7(10,4-2)6(8)5-9/h6,9-10H,3-5,8H2,1-2H3/t6-/m0/s1. The summed E-state index contributed by atoms with van der Waals surface area (Å²) < 4.78 is 0. The molecule has 0 rings (SSSR count). The molecule has 0 aliphatic heterocycles. The lowest BCUT2D eigenvalue weighted by molar-refractivity contribution is -0.0103. The van der Waals surface area contributed by atoms with Crippen molar-refractivity contribution in [3.8, 4) is 0 Å². The summed E-state index contributed by atoms with van der Waals surface area (Å²) in [5, 5.41) is 18.3. The second kappa shape index (κ2) is 3.91. The van der Waals surface area contributed by atoms with Crippen LogP contribution in [0.1, 0.15) is 26.7 Å². The van der Waals surface area contributed by atoms with Crippen molar-refractivity contribution in [2.24, 2.45) is 5.73 Å². The van der Waals surface area contributed by atoms with Crippen molar-refractivity contribution in [2.75, 3.05) is 6.61 Å². The van der Waals surface area contributed by atoms with Crippen LogP contribution in [0.2, 0.25) is 0 Å². The molecule has 0 bridgehead atoms. The lowest BCUT2D eigenvalue weighted by atomic mass is 9.90. The van der Waals surface area contributed by atoms with Crippen molar-refractivity contribution in [3.05, 3.63) is 0 Å². The van der Waals surface area contributed by atoms with Gasteiger partial charge in [0.15, 0.2) is 0 Å². The quantitative estimate of drug-likeness (QED) is 0.518. The highest BCUT2D eigenvalue weighted by Crippen LogP contribution is 2.17. The second-order valence-electron chi connectivity index (χ2n) is 2.60. The number of hydrogen-bond acceptors (Lipinski definition) is 3. The summed E-state index contributed by atoms with van der Waals surface area (Å²) in [5.41, 5.74) is 4.59. The van der Waals surface area contributed by atoms with Gasteiger partial charge in [0.1, 0.15) is 0 Å². The molecule has 0 saturated carbocycles. The average molecular weight is 147 g/mol. The zero-order valence-corrected chi connectivity index (χ0v) is 6.67. The van der Waals surface area contributed by atoms with E-state index in [0.29, 0.717) is 12.8 Å². The topological polar surface area (TPSA) is 66.5 Å². The highest BCUT2D eigenvalue weighted by Gasteiger charge is 2.29. The van der Waals surface area contributed by atoms with Crippen molar-refractivity contribution in [1.29, 1.82) is 0 Å². The first-order valence-corrected chi connectivity index (χ1v) is 3.69. The highest BCUT2D eigenvalue weighted by atomic mass is 16.3. The van der Waals surface area contributed by atoms with Crippen LogP contribution in [0.25, 0.3) is 0 Å². The molecule has 0 fully saturated rings. The van der Waals surface area contributed by atoms with E-state index >= 15 is 0 Å². The van der Waals surface area contributed by atoms with Gasteiger partial charge in [0.05, 0.1) is 18.2 Å².